The van der Waals surface area contributed by atoms with Crippen molar-refractivity contribution in [2.45, 2.75) is 44.7 Å². The number of halogens is 2. The van der Waals surface area contributed by atoms with Gasteiger partial charge < -0.3 is 9.80 Å². The van der Waals surface area contributed by atoms with Gasteiger partial charge in [0, 0.05) is 19.6 Å². The second-order valence-corrected chi connectivity index (χ2v) is 7.97. The molecule has 1 unspecified atom stereocenters. The smallest absolute Gasteiger partial charge is 0.257 e. The number of likely N-dealkylation sites (tertiary alicyclic amines) is 2. The van der Waals surface area contributed by atoms with Crippen LogP contribution in [0.15, 0.2) is 42.5 Å². The van der Waals surface area contributed by atoms with Gasteiger partial charge in [0.2, 0.25) is 5.91 Å². The summed E-state index contributed by atoms with van der Waals surface area (Å²) in [5.74, 6) is -2.84. The quantitative estimate of drug-likeness (QED) is 0.782. The van der Waals surface area contributed by atoms with Crippen molar-refractivity contribution in [1.29, 1.82) is 0 Å². The predicted molar refractivity (Wildman–Crippen MR) is 105 cm³/mol. The van der Waals surface area contributed by atoms with Gasteiger partial charge in [-0.25, -0.2) is 8.78 Å². The van der Waals surface area contributed by atoms with Crippen LogP contribution in [0, 0.1) is 18.6 Å². The average Bonchev–Trinajstić information content (AvgIpc) is 3.15. The highest BCUT2D eigenvalue weighted by molar-refractivity contribution is 6.00. The minimum atomic E-state index is -1.14. The molecular formula is C23H24F2N2O2. The molecule has 0 N–H and O–H groups in total. The van der Waals surface area contributed by atoms with Crippen molar-refractivity contribution in [3.63, 3.8) is 0 Å². The molecule has 2 aromatic carbocycles. The van der Waals surface area contributed by atoms with Crippen LogP contribution in [0.1, 0.15) is 47.2 Å². The summed E-state index contributed by atoms with van der Waals surface area (Å²) in [6.07, 6.45) is 2.55. The summed E-state index contributed by atoms with van der Waals surface area (Å²) in [7, 11) is 0. The van der Waals surface area contributed by atoms with Crippen LogP contribution in [0.3, 0.4) is 0 Å². The van der Waals surface area contributed by atoms with Crippen molar-refractivity contribution in [1.82, 2.24) is 9.80 Å². The first-order chi connectivity index (χ1) is 13.9. The molecule has 2 aliphatic heterocycles. The number of carbonyl (C=O) groups is 2. The van der Waals surface area contributed by atoms with Gasteiger partial charge in [-0.1, -0.05) is 36.4 Å². The van der Waals surface area contributed by atoms with Crippen LogP contribution in [0.5, 0.6) is 0 Å². The highest BCUT2D eigenvalue weighted by Crippen LogP contribution is 2.40. The SMILES string of the molecule is Cc1ccc(C(=O)N2CCCC23CCCN(Cc2ccccc2)C3=O)c(F)c1F. The second-order valence-electron chi connectivity index (χ2n) is 7.97. The number of amides is 2. The molecule has 2 heterocycles. The Kier molecular flexibility index (Phi) is 5.11. The Balaban J connectivity index is 1.63. The normalized spacial score (nSPS) is 21.8. The largest absolute Gasteiger partial charge is 0.336 e. The van der Waals surface area contributed by atoms with Crippen molar-refractivity contribution in [2.24, 2.45) is 0 Å². The van der Waals surface area contributed by atoms with Crippen LogP contribution in [0.4, 0.5) is 8.78 Å². The standard InChI is InChI=1S/C23H24F2N2O2/c1-16-9-10-18(20(25)19(16)24)21(28)27-14-6-12-23(27)11-5-13-26(22(23)29)15-17-7-3-2-4-8-17/h2-4,7-10H,5-6,11-15H2,1H3. The van der Waals surface area contributed by atoms with Gasteiger partial charge in [-0.3, -0.25) is 9.59 Å². The first-order valence-electron chi connectivity index (χ1n) is 10.0. The lowest BCUT2D eigenvalue weighted by atomic mass is 9.84. The molecule has 0 bridgehead atoms. The number of piperidine rings is 1. The van der Waals surface area contributed by atoms with E-state index in [2.05, 4.69) is 0 Å². The Labute approximate surface area is 169 Å². The molecule has 2 saturated heterocycles. The lowest BCUT2D eigenvalue weighted by Gasteiger charge is -2.44. The zero-order valence-electron chi connectivity index (χ0n) is 16.5. The van der Waals surface area contributed by atoms with Gasteiger partial charge in [0.1, 0.15) is 5.54 Å². The summed E-state index contributed by atoms with van der Waals surface area (Å²) >= 11 is 0. The number of rotatable bonds is 3. The van der Waals surface area contributed by atoms with E-state index in [-0.39, 0.29) is 17.0 Å². The lowest BCUT2D eigenvalue weighted by molar-refractivity contribution is -0.146. The van der Waals surface area contributed by atoms with Gasteiger partial charge >= 0.3 is 0 Å². The minimum absolute atomic E-state index is 0.0913. The summed E-state index contributed by atoms with van der Waals surface area (Å²) in [5, 5.41) is 0. The molecule has 2 aromatic rings. The monoisotopic (exact) mass is 398 g/mol. The predicted octanol–water partition coefficient (Wildman–Crippen LogP) is 4.07. The van der Waals surface area contributed by atoms with Crippen LogP contribution in [0.25, 0.3) is 0 Å². The fourth-order valence-electron chi connectivity index (χ4n) is 4.63. The Bertz CT molecular complexity index is 947. The van der Waals surface area contributed by atoms with Crippen LogP contribution < -0.4 is 0 Å². The van der Waals surface area contributed by atoms with Crippen molar-refractivity contribution >= 4 is 11.8 Å². The molecule has 0 saturated carbocycles. The van der Waals surface area contributed by atoms with E-state index >= 15 is 0 Å². The number of hydrogen-bond donors (Lipinski definition) is 0. The Morgan fingerprint density at radius 2 is 1.69 bits per heavy atom. The summed E-state index contributed by atoms with van der Waals surface area (Å²) < 4.78 is 28.5. The fraction of sp³-hybridized carbons (Fsp3) is 0.391. The van der Waals surface area contributed by atoms with Gasteiger partial charge in [0.15, 0.2) is 11.6 Å². The molecule has 152 valence electrons. The highest BCUT2D eigenvalue weighted by Gasteiger charge is 2.53. The van der Waals surface area contributed by atoms with E-state index in [0.717, 1.165) is 12.0 Å². The summed E-state index contributed by atoms with van der Waals surface area (Å²) in [5.41, 5.74) is -0.0847. The molecule has 0 aromatic heterocycles. The van der Waals surface area contributed by atoms with E-state index in [1.54, 1.807) is 4.90 Å². The second kappa shape index (κ2) is 7.58. The van der Waals surface area contributed by atoms with Crippen molar-refractivity contribution in [2.75, 3.05) is 13.1 Å². The molecule has 2 fully saturated rings. The van der Waals surface area contributed by atoms with Crippen LogP contribution in [-0.4, -0.2) is 40.2 Å². The Morgan fingerprint density at radius 3 is 2.41 bits per heavy atom. The third kappa shape index (κ3) is 3.30. The Hall–Kier alpha value is -2.76. The number of nitrogens with zero attached hydrogens (tertiary/aromatic N) is 2. The number of carbonyl (C=O) groups excluding carboxylic acids is 2. The topological polar surface area (TPSA) is 40.6 Å². The zero-order valence-corrected chi connectivity index (χ0v) is 16.5. The van der Waals surface area contributed by atoms with E-state index in [1.165, 1.54) is 24.0 Å². The molecule has 6 heteroatoms. The maximum atomic E-state index is 14.5. The number of benzene rings is 2. The molecule has 29 heavy (non-hydrogen) atoms. The molecule has 1 atom stereocenters. The molecule has 2 amide bonds. The minimum Gasteiger partial charge on any atom is -0.336 e. The highest BCUT2D eigenvalue weighted by atomic mass is 19.2. The maximum Gasteiger partial charge on any atom is 0.257 e. The van der Waals surface area contributed by atoms with E-state index in [1.807, 2.05) is 30.3 Å². The summed E-state index contributed by atoms with van der Waals surface area (Å²) in [4.78, 5) is 29.9. The fourth-order valence-corrected chi connectivity index (χ4v) is 4.63. The summed E-state index contributed by atoms with van der Waals surface area (Å²) in [6.45, 7) is 2.94. The van der Waals surface area contributed by atoms with Crippen molar-refractivity contribution in [3.8, 4) is 0 Å². The van der Waals surface area contributed by atoms with Gasteiger partial charge in [-0.2, -0.15) is 0 Å². The molecule has 0 radical (unpaired) electrons. The molecule has 4 nitrogen and oxygen atoms in total. The van der Waals surface area contributed by atoms with E-state index in [0.29, 0.717) is 38.9 Å². The first kappa shape index (κ1) is 19.6. The van der Waals surface area contributed by atoms with Crippen LogP contribution in [-0.2, 0) is 11.3 Å². The molecule has 1 spiro atoms. The van der Waals surface area contributed by atoms with Crippen molar-refractivity contribution < 1.29 is 18.4 Å². The Morgan fingerprint density at radius 1 is 1.00 bits per heavy atom. The zero-order chi connectivity index (χ0) is 20.6. The van der Waals surface area contributed by atoms with Gasteiger partial charge in [-0.05, 0) is 49.8 Å². The lowest BCUT2D eigenvalue weighted by Crippen LogP contribution is -2.61. The molecular weight excluding hydrogens is 374 g/mol. The summed E-state index contributed by atoms with van der Waals surface area (Å²) in [6, 6.07) is 12.4. The van der Waals surface area contributed by atoms with Crippen LogP contribution in [0.2, 0.25) is 0 Å². The third-order valence-electron chi connectivity index (χ3n) is 6.16. The van der Waals surface area contributed by atoms with E-state index < -0.39 is 23.1 Å². The molecule has 4 rings (SSSR count). The van der Waals surface area contributed by atoms with Crippen LogP contribution >= 0.6 is 0 Å². The number of aryl methyl sites for hydroxylation is 1. The van der Waals surface area contributed by atoms with Gasteiger partial charge in [0.25, 0.3) is 5.91 Å². The maximum absolute atomic E-state index is 14.5. The van der Waals surface area contributed by atoms with Gasteiger partial charge in [-0.15, -0.1) is 0 Å². The molecule has 2 aliphatic rings. The van der Waals surface area contributed by atoms with E-state index in [9.17, 15) is 18.4 Å². The average molecular weight is 398 g/mol. The van der Waals surface area contributed by atoms with E-state index in [4.69, 9.17) is 0 Å². The molecule has 0 aliphatic carbocycles. The number of hydrogen-bond acceptors (Lipinski definition) is 2. The van der Waals surface area contributed by atoms with Gasteiger partial charge in [0.05, 0.1) is 5.56 Å². The van der Waals surface area contributed by atoms with Crippen molar-refractivity contribution in [3.05, 3.63) is 70.8 Å². The first-order valence-corrected chi connectivity index (χ1v) is 10.0. The third-order valence-corrected chi connectivity index (χ3v) is 6.16.